The van der Waals surface area contributed by atoms with Crippen molar-refractivity contribution in [2.24, 2.45) is 0 Å². The minimum atomic E-state index is -0.738. The number of carbonyl (C=O) groups excluding carboxylic acids is 2. The number of ether oxygens (including phenoxy) is 1. The molecule has 2 N–H and O–H groups in total. The van der Waals surface area contributed by atoms with Crippen LogP contribution in [0.25, 0.3) is 10.2 Å². The highest BCUT2D eigenvalue weighted by molar-refractivity contribution is 7.20. The highest BCUT2D eigenvalue weighted by Crippen LogP contribution is 2.33. The molecule has 0 saturated carbocycles. The van der Waals surface area contributed by atoms with Crippen molar-refractivity contribution in [1.82, 2.24) is 20.3 Å². The molecule has 3 aromatic rings. The third-order valence-corrected chi connectivity index (χ3v) is 5.42. The van der Waals surface area contributed by atoms with Crippen LogP contribution in [0.15, 0.2) is 24.5 Å². The second-order valence-corrected chi connectivity index (χ2v) is 7.30. The van der Waals surface area contributed by atoms with Crippen molar-refractivity contribution in [2.75, 3.05) is 12.4 Å². The molecule has 1 amide bonds. The molecule has 0 unspecified atom stereocenters. The number of anilines is 1. The maximum atomic E-state index is 12.6. The molecule has 3 aromatic heterocycles. The molecule has 0 bridgehead atoms. The third kappa shape index (κ3) is 4.09. The predicted octanol–water partition coefficient (Wildman–Crippen LogP) is 2.61. The number of aryl methyl sites for hydroxylation is 2. The molecule has 0 aromatic carbocycles. The summed E-state index contributed by atoms with van der Waals surface area (Å²) in [5.41, 5.74) is 2.59. The molecule has 8 nitrogen and oxygen atoms in total. The number of hydrogen-bond donors (Lipinski definition) is 2. The number of fused-ring (bicyclic) bond motifs is 1. The zero-order valence-corrected chi connectivity index (χ0v) is 16.9. The van der Waals surface area contributed by atoms with E-state index in [1.165, 1.54) is 24.8 Å². The summed E-state index contributed by atoms with van der Waals surface area (Å²) in [5, 5.41) is 6.72. The van der Waals surface area contributed by atoms with E-state index in [-0.39, 0.29) is 5.91 Å². The van der Waals surface area contributed by atoms with E-state index in [1.54, 1.807) is 6.92 Å². The second-order valence-electron chi connectivity index (χ2n) is 6.30. The highest BCUT2D eigenvalue weighted by atomic mass is 32.1. The van der Waals surface area contributed by atoms with Gasteiger partial charge in [0.25, 0.3) is 5.91 Å². The molecule has 1 atom stereocenters. The van der Waals surface area contributed by atoms with Gasteiger partial charge in [-0.15, -0.1) is 11.3 Å². The summed E-state index contributed by atoms with van der Waals surface area (Å²) in [6.07, 6.45) is 1.46. The van der Waals surface area contributed by atoms with Gasteiger partial charge in [-0.25, -0.2) is 14.8 Å². The number of methoxy groups -OCH3 is 1. The van der Waals surface area contributed by atoms with Crippen molar-refractivity contribution < 1.29 is 14.3 Å². The molecule has 9 heteroatoms. The first-order valence-corrected chi connectivity index (χ1v) is 9.51. The fourth-order valence-electron chi connectivity index (χ4n) is 2.79. The first-order valence-electron chi connectivity index (χ1n) is 8.70. The van der Waals surface area contributed by atoms with E-state index < -0.39 is 12.0 Å². The summed E-state index contributed by atoms with van der Waals surface area (Å²) in [6, 6.07) is 5.09. The summed E-state index contributed by atoms with van der Waals surface area (Å²) in [6.45, 7) is 5.86. The normalized spacial score (nSPS) is 11.9. The monoisotopic (exact) mass is 399 g/mol. The maximum Gasteiger partial charge on any atom is 0.328 e. The number of amides is 1. The molecule has 0 aliphatic rings. The lowest BCUT2D eigenvalue weighted by molar-refractivity contribution is -0.142. The van der Waals surface area contributed by atoms with Crippen LogP contribution in [0.5, 0.6) is 0 Å². The standard InChI is InChI=1S/C19H21N5O3S/c1-10-6-5-7-13(23-10)8-20-16-14-11(2)15(28-18(14)22-9-21-16)17(25)24-12(3)19(26)27-4/h5-7,9,12H,8H2,1-4H3,(H,24,25)(H,20,21,22)/t12-/m1/s1. The number of esters is 1. The van der Waals surface area contributed by atoms with Gasteiger partial charge in [0.1, 0.15) is 23.0 Å². The van der Waals surface area contributed by atoms with Gasteiger partial charge >= 0.3 is 5.97 Å². The van der Waals surface area contributed by atoms with Crippen molar-refractivity contribution in [3.8, 4) is 0 Å². The van der Waals surface area contributed by atoms with Crippen molar-refractivity contribution in [1.29, 1.82) is 0 Å². The van der Waals surface area contributed by atoms with E-state index in [0.29, 0.717) is 22.1 Å². The van der Waals surface area contributed by atoms with Gasteiger partial charge in [-0.2, -0.15) is 0 Å². The second kappa shape index (κ2) is 8.30. The number of aromatic nitrogens is 3. The predicted molar refractivity (Wildman–Crippen MR) is 107 cm³/mol. The van der Waals surface area contributed by atoms with Gasteiger partial charge in [-0.1, -0.05) is 6.07 Å². The smallest absolute Gasteiger partial charge is 0.328 e. The lowest BCUT2D eigenvalue weighted by Gasteiger charge is -2.11. The molecule has 0 radical (unpaired) electrons. The Hall–Kier alpha value is -3.07. The molecule has 0 fully saturated rings. The van der Waals surface area contributed by atoms with E-state index >= 15 is 0 Å². The first-order chi connectivity index (χ1) is 13.4. The van der Waals surface area contributed by atoms with Crippen molar-refractivity contribution in [2.45, 2.75) is 33.4 Å². The minimum Gasteiger partial charge on any atom is -0.467 e. The van der Waals surface area contributed by atoms with E-state index in [9.17, 15) is 9.59 Å². The molecule has 146 valence electrons. The van der Waals surface area contributed by atoms with E-state index in [2.05, 4.69) is 30.3 Å². The molecule has 0 saturated heterocycles. The van der Waals surface area contributed by atoms with Gasteiger partial charge in [0.2, 0.25) is 0 Å². The SMILES string of the molecule is COC(=O)[C@@H](C)NC(=O)c1sc2ncnc(NCc3cccc(C)n3)c2c1C. The van der Waals surface area contributed by atoms with Gasteiger partial charge in [0, 0.05) is 5.69 Å². The fourth-order valence-corrected chi connectivity index (χ4v) is 3.84. The zero-order valence-electron chi connectivity index (χ0n) is 16.1. The number of nitrogens with one attached hydrogen (secondary N) is 2. The first kappa shape index (κ1) is 19.7. The summed E-state index contributed by atoms with van der Waals surface area (Å²) in [5.74, 6) is -0.202. The lowest BCUT2D eigenvalue weighted by atomic mass is 10.2. The average Bonchev–Trinajstić information content (AvgIpc) is 3.03. The summed E-state index contributed by atoms with van der Waals surface area (Å²) in [4.78, 5) is 38.4. The topological polar surface area (TPSA) is 106 Å². The highest BCUT2D eigenvalue weighted by Gasteiger charge is 2.22. The Kier molecular flexibility index (Phi) is 5.84. The lowest BCUT2D eigenvalue weighted by Crippen LogP contribution is -2.39. The summed E-state index contributed by atoms with van der Waals surface area (Å²) >= 11 is 1.26. The quantitative estimate of drug-likeness (QED) is 0.614. The van der Waals surface area contributed by atoms with Crippen molar-refractivity contribution in [3.63, 3.8) is 0 Å². The van der Waals surface area contributed by atoms with Crippen LogP contribution >= 0.6 is 11.3 Å². The Labute approximate surface area is 166 Å². The molecule has 3 rings (SSSR count). The van der Waals surface area contributed by atoms with Gasteiger partial charge < -0.3 is 15.4 Å². The van der Waals surface area contributed by atoms with Crippen LogP contribution in [0.4, 0.5) is 5.82 Å². The minimum absolute atomic E-state index is 0.343. The Bertz CT molecular complexity index is 1030. The Morgan fingerprint density at radius 3 is 2.75 bits per heavy atom. The third-order valence-electron chi connectivity index (χ3n) is 4.22. The molecule has 0 spiro atoms. The van der Waals surface area contributed by atoms with Gasteiger partial charge in [0.15, 0.2) is 0 Å². The van der Waals surface area contributed by atoms with Crippen LogP contribution in [0, 0.1) is 13.8 Å². The maximum absolute atomic E-state index is 12.6. The van der Waals surface area contributed by atoms with Crippen LogP contribution < -0.4 is 10.6 Å². The molecular formula is C19H21N5O3S. The number of pyridine rings is 1. The Balaban J connectivity index is 1.86. The van der Waals surface area contributed by atoms with E-state index in [0.717, 1.165) is 22.3 Å². The Morgan fingerprint density at radius 1 is 1.25 bits per heavy atom. The summed E-state index contributed by atoms with van der Waals surface area (Å²) < 4.78 is 4.65. The average molecular weight is 399 g/mol. The van der Waals surface area contributed by atoms with Crippen molar-refractivity contribution in [3.05, 3.63) is 46.4 Å². The van der Waals surface area contributed by atoms with E-state index in [4.69, 9.17) is 0 Å². The molecule has 3 heterocycles. The van der Waals surface area contributed by atoms with Gasteiger partial charge in [0.05, 0.1) is 29.6 Å². The number of rotatable bonds is 6. The van der Waals surface area contributed by atoms with Crippen molar-refractivity contribution >= 4 is 39.2 Å². The van der Waals surface area contributed by atoms with E-state index in [1.807, 2.05) is 32.0 Å². The van der Waals surface area contributed by atoms with Crippen LogP contribution in [0.1, 0.15) is 33.5 Å². The molecule has 28 heavy (non-hydrogen) atoms. The van der Waals surface area contributed by atoms with Crippen LogP contribution in [-0.4, -0.2) is 40.0 Å². The molecular weight excluding hydrogens is 378 g/mol. The zero-order chi connectivity index (χ0) is 20.3. The number of carbonyl (C=O) groups is 2. The summed E-state index contributed by atoms with van der Waals surface area (Å²) in [7, 11) is 1.28. The van der Waals surface area contributed by atoms with Gasteiger partial charge in [-0.3, -0.25) is 9.78 Å². The fraction of sp³-hybridized carbons (Fsp3) is 0.316. The Morgan fingerprint density at radius 2 is 2.04 bits per heavy atom. The molecule has 0 aliphatic heterocycles. The number of thiophene rings is 1. The van der Waals surface area contributed by atoms with Crippen LogP contribution in [0.2, 0.25) is 0 Å². The number of nitrogens with zero attached hydrogens (tertiary/aromatic N) is 3. The largest absolute Gasteiger partial charge is 0.467 e. The van der Waals surface area contributed by atoms with Gasteiger partial charge in [-0.05, 0) is 38.5 Å². The number of hydrogen-bond acceptors (Lipinski definition) is 8. The molecule has 0 aliphatic carbocycles. The van der Waals surface area contributed by atoms with Crippen LogP contribution in [-0.2, 0) is 16.1 Å². The van der Waals surface area contributed by atoms with Crippen LogP contribution in [0.3, 0.4) is 0 Å².